The van der Waals surface area contributed by atoms with Crippen molar-refractivity contribution in [3.05, 3.63) is 30.3 Å². The van der Waals surface area contributed by atoms with Crippen LogP contribution in [0.1, 0.15) is 26.2 Å². The van der Waals surface area contributed by atoms with Crippen molar-refractivity contribution in [2.45, 2.75) is 37.0 Å². The SMILES string of the molecule is CC(=O)N[C@H]1CCC[C@@H]1[Se]c1ccccc1. The summed E-state index contributed by atoms with van der Waals surface area (Å²) in [4.78, 5) is 11.8. The standard InChI is InChI=1S/C13H17NOSe/c1-10(15)14-12-8-5-9-13(12)16-11-6-3-2-4-7-11/h2-4,6-7,12-13H,5,8-9H2,1H3,(H,14,15)/t12-,13-/m0/s1. The molecule has 0 bridgehead atoms. The van der Waals surface area contributed by atoms with Crippen molar-refractivity contribution in [3.63, 3.8) is 0 Å². The van der Waals surface area contributed by atoms with Crippen LogP contribution in [0, 0.1) is 0 Å². The zero-order chi connectivity index (χ0) is 11.4. The van der Waals surface area contributed by atoms with Crippen molar-refractivity contribution in [2.75, 3.05) is 0 Å². The zero-order valence-electron chi connectivity index (χ0n) is 9.48. The average Bonchev–Trinajstić information content (AvgIpc) is 2.66. The van der Waals surface area contributed by atoms with E-state index < -0.39 is 0 Å². The van der Waals surface area contributed by atoms with Gasteiger partial charge in [-0.15, -0.1) is 0 Å². The molecule has 1 N–H and O–H groups in total. The Morgan fingerprint density at radius 2 is 2.06 bits per heavy atom. The first-order chi connectivity index (χ1) is 7.75. The fraction of sp³-hybridized carbons (Fsp3) is 0.462. The van der Waals surface area contributed by atoms with Gasteiger partial charge >= 0.3 is 103 Å². The Hall–Kier alpha value is -0.791. The number of benzene rings is 1. The summed E-state index contributed by atoms with van der Waals surface area (Å²) < 4.78 is 1.44. The number of nitrogens with one attached hydrogen (secondary N) is 1. The third-order valence-corrected chi connectivity index (χ3v) is 5.83. The van der Waals surface area contributed by atoms with E-state index in [0.717, 1.165) is 6.42 Å². The van der Waals surface area contributed by atoms with E-state index >= 15 is 0 Å². The molecule has 1 amide bonds. The summed E-state index contributed by atoms with van der Waals surface area (Å²) in [5, 5.41) is 3.09. The van der Waals surface area contributed by atoms with Crippen LogP contribution in [0.25, 0.3) is 0 Å². The molecule has 1 aliphatic carbocycles. The van der Waals surface area contributed by atoms with Gasteiger partial charge in [0.25, 0.3) is 0 Å². The van der Waals surface area contributed by atoms with Crippen molar-refractivity contribution in [1.29, 1.82) is 0 Å². The average molecular weight is 282 g/mol. The Morgan fingerprint density at radius 3 is 2.75 bits per heavy atom. The Labute approximate surface area is 103 Å². The molecule has 0 aliphatic heterocycles. The van der Waals surface area contributed by atoms with Crippen molar-refractivity contribution in [3.8, 4) is 0 Å². The molecular formula is C13H17NOSe. The first-order valence-electron chi connectivity index (χ1n) is 5.74. The van der Waals surface area contributed by atoms with Gasteiger partial charge in [0, 0.05) is 0 Å². The Bertz CT molecular complexity index is 352. The molecule has 1 saturated carbocycles. The second-order valence-electron chi connectivity index (χ2n) is 4.21. The third kappa shape index (κ3) is 3.10. The summed E-state index contributed by atoms with van der Waals surface area (Å²) in [5.74, 6) is 0.112. The van der Waals surface area contributed by atoms with Gasteiger partial charge in [0.05, 0.1) is 0 Å². The first-order valence-corrected chi connectivity index (χ1v) is 7.59. The van der Waals surface area contributed by atoms with Crippen molar-refractivity contribution in [2.24, 2.45) is 0 Å². The number of hydrogen-bond donors (Lipinski definition) is 1. The second kappa shape index (κ2) is 5.51. The van der Waals surface area contributed by atoms with E-state index in [1.54, 1.807) is 6.92 Å². The third-order valence-electron chi connectivity index (χ3n) is 2.87. The number of amides is 1. The van der Waals surface area contributed by atoms with E-state index in [1.807, 2.05) is 0 Å². The Balaban J connectivity index is 1.96. The molecule has 0 saturated heterocycles. The molecule has 16 heavy (non-hydrogen) atoms. The molecule has 2 atom stereocenters. The van der Waals surface area contributed by atoms with Crippen LogP contribution in [0.2, 0.25) is 4.82 Å². The van der Waals surface area contributed by atoms with Gasteiger partial charge < -0.3 is 0 Å². The molecule has 1 fully saturated rings. The predicted molar refractivity (Wildman–Crippen MR) is 67.0 cm³/mol. The molecule has 1 aliphatic rings. The molecule has 3 heteroatoms. The second-order valence-corrected chi connectivity index (χ2v) is 6.96. The Morgan fingerprint density at radius 1 is 1.31 bits per heavy atom. The first kappa shape index (κ1) is 11.7. The summed E-state index contributed by atoms with van der Waals surface area (Å²) in [5.41, 5.74) is 0. The van der Waals surface area contributed by atoms with Crippen LogP contribution in [-0.2, 0) is 4.79 Å². The molecule has 0 aromatic heterocycles. The van der Waals surface area contributed by atoms with Crippen LogP contribution in [0.15, 0.2) is 30.3 Å². The predicted octanol–water partition coefficient (Wildman–Crippen LogP) is 1.49. The van der Waals surface area contributed by atoms with E-state index in [0.29, 0.717) is 25.8 Å². The number of carbonyl (C=O) groups excluding carboxylic acids is 1. The van der Waals surface area contributed by atoms with Crippen molar-refractivity contribution >= 4 is 25.3 Å². The van der Waals surface area contributed by atoms with Crippen LogP contribution in [-0.4, -0.2) is 26.9 Å². The number of carbonyl (C=O) groups is 1. The van der Waals surface area contributed by atoms with E-state index in [2.05, 4.69) is 35.6 Å². The summed E-state index contributed by atoms with van der Waals surface area (Å²) in [6.45, 7) is 1.62. The number of rotatable bonds is 3. The number of hydrogen-bond acceptors (Lipinski definition) is 1. The maximum absolute atomic E-state index is 11.1. The van der Waals surface area contributed by atoms with E-state index in [1.165, 1.54) is 17.3 Å². The van der Waals surface area contributed by atoms with E-state index in [-0.39, 0.29) is 5.91 Å². The molecule has 2 nitrogen and oxygen atoms in total. The van der Waals surface area contributed by atoms with Crippen LogP contribution < -0.4 is 9.78 Å². The maximum atomic E-state index is 11.1. The topological polar surface area (TPSA) is 29.1 Å². The summed E-state index contributed by atoms with van der Waals surface area (Å²) in [6.07, 6.45) is 3.67. The van der Waals surface area contributed by atoms with E-state index in [9.17, 15) is 4.79 Å². The zero-order valence-corrected chi connectivity index (χ0v) is 11.2. The van der Waals surface area contributed by atoms with Crippen LogP contribution in [0.5, 0.6) is 0 Å². The summed E-state index contributed by atoms with van der Waals surface area (Å²) in [7, 11) is 0. The fourth-order valence-corrected chi connectivity index (χ4v) is 4.93. The van der Waals surface area contributed by atoms with Gasteiger partial charge in [0.1, 0.15) is 0 Å². The molecule has 1 aromatic carbocycles. The van der Waals surface area contributed by atoms with Gasteiger partial charge in [-0.1, -0.05) is 0 Å². The van der Waals surface area contributed by atoms with Crippen LogP contribution >= 0.6 is 0 Å². The van der Waals surface area contributed by atoms with E-state index in [4.69, 9.17) is 0 Å². The van der Waals surface area contributed by atoms with Gasteiger partial charge in [-0.25, -0.2) is 0 Å². The van der Waals surface area contributed by atoms with Crippen molar-refractivity contribution < 1.29 is 4.79 Å². The van der Waals surface area contributed by atoms with Crippen LogP contribution in [0.4, 0.5) is 0 Å². The molecule has 1 aromatic rings. The molecule has 2 rings (SSSR count). The van der Waals surface area contributed by atoms with Gasteiger partial charge in [0.2, 0.25) is 0 Å². The molecule has 0 unspecified atom stereocenters. The molecule has 86 valence electrons. The van der Waals surface area contributed by atoms with Gasteiger partial charge in [-0.05, 0) is 0 Å². The fourth-order valence-electron chi connectivity index (χ4n) is 2.17. The molecule has 0 radical (unpaired) electrons. The molecule has 0 heterocycles. The quantitative estimate of drug-likeness (QED) is 0.836. The molecule has 0 spiro atoms. The van der Waals surface area contributed by atoms with Crippen molar-refractivity contribution in [1.82, 2.24) is 5.32 Å². The normalized spacial score (nSPS) is 24.3. The van der Waals surface area contributed by atoms with Gasteiger partial charge in [-0.3, -0.25) is 0 Å². The monoisotopic (exact) mass is 283 g/mol. The minimum absolute atomic E-state index is 0.112. The van der Waals surface area contributed by atoms with Crippen LogP contribution in [0.3, 0.4) is 0 Å². The summed E-state index contributed by atoms with van der Waals surface area (Å²) >= 11 is 0.491. The Kier molecular flexibility index (Phi) is 4.03. The summed E-state index contributed by atoms with van der Waals surface area (Å²) in [6, 6.07) is 11.1. The minimum atomic E-state index is 0.112. The molecular weight excluding hydrogens is 265 g/mol. The van der Waals surface area contributed by atoms with Gasteiger partial charge in [0.15, 0.2) is 0 Å². The van der Waals surface area contributed by atoms with Gasteiger partial charge in [-0.2, -0.15) is 0 Å².